The summed E-state index contributed by atoms with van der Waals surface area (Å²) in [5.74, 6) is -3.29. The van der Waals surface area contributed by atoms with Crippen LogP contribution < -0.4 is 5.32 Å². The van der Waals surface area contributed by atoms with E-state index in [4.69, 9.17) is 9.47 Å². The highest BCUT2D eigenvalue weighted by molar-refractivity contribution is 5.98. The summed E-state index contributed by atoms with van der Waals surface area (Å²) in [4.78, 5) is 24.0. The molecule has 1 heterocycles. The molecule has 0 atom stereocenters. The van der Waals surface area contributed by atoms with Crippen LogP contribution in [-0.4, -0.2) is 48.6 Å². The SMILES string of the molecule is CCOCC1=C(C(=O)O)C(c2ccccc2)C(C(=O)O)=C(COCC)N1. The maximum Gasteiger partial charge on any atom is 0.334 e. The average Bonchev–Trinajstić information content (AvgIpc) is 2.63. The van der Waals surface area contributed by atoms with Gasteiger partial charge in [0.25, 0.3) is 0 Å². The number of hydrogen-bond donors (Lipinski definition) is 3. The molecular formula is C19H23NO6. The summed E-state index contributed by atoms with van der Waals surface area (Å²) >= 11 is 0. The van der Waals surface area contributed by atoms with E-state index in [1.807, 2.05) is 0 Å². The molecule has 0 unspecified atom stereocenters. The van der Waals surface area contributed by atoms with Crippen molar-refractivity contribution in [3.8, 4) is 0 Å². The van der Waals surface area contributed by atoms with Gasteiger partial charge in [0.1, 0.15) is 0 Å². The van der Waals surface area contributed by atoms with E-state index in [0.29, 0.717) is 30.2 Å². The minimum atomic E-state index is -1.18. The van der Waals surface area contributed by atoms with Crippen molar-refractivity contribution in [2.45, 2.75) is 19.8 Å². The third-order valence-electron chi connectivity index (χ3n) is 4.02. The molecule has 1 aliphatic rings. The van der Waals surface area contributed by atoms with Gasteiger partial charge in [0, 0.05) is 13.2 Å². The molecule has 7 nitrogen and oxygen atoms in total. The third kappa shape index (κ3) is 4.30. The first-order valence-corrected chi connectivity index (χ1v) is 8.41. The van der Waals surface area contributed by atoms with Crippen molar-refractivity contribution < 1.29 is 29.3 Å². The van der Waals surface area contributed by atoms with Crippen molar-refractivity contribution >= 4 is 11.9 Å². The Labute approximate surface area is 151 Å². The van der Waals surface area contributed by atoms with Gasteiger partial charge in [-0.25, -0.2) is 9.59 Å². The van der Waals surface area contributed by atoms with Crippen LogP contribution in [0.1, 0.15) is 25.3 Å². The fraction of sp³-hybridized carbons (Fsp3) is 0.368. The Morgan fingerprint density at radius 3 is 1.77 bits per heavy atom. The van der Waals surface area contributed by atoms with Crippen molar-refractivity contribution in [2.75, 3.05) is 26.4 Å². The first-order valence-electron chi connectivity index (χ1n) is 8.41. The van der Waals surface area contributed by atoms with Crippen molar-refractivity contribution in [1.29, 1.82) is 0 Å². The molecule has 3 N–H and O–H groups in total. The minimum Gasteiger partial charge on any atom is -0.478 e. The molecule has 0 aromatic heterocycles. The quantitative estimate of drug-likeness (QED) is 0.619. The maximum absolute atomic E-state index is 12.0. The van der Waals surface area contributed by atoms with E-state index in [1.165, 1.54) is 0 Å². The van der Waals surface area contributed by atoms with Crippen LogP contribution in [0.15, 0.2) is 52.9 Å². The zero-order chi connectivity index (χ0) is 19.1. The highest BCUT2D eigenvalue weighted by Gasteiger charge is 2.38. The van der Waals surface area contributed by atoms with Gasteiger partial charge in [-0.3, -0.25) is 0 Å². The molecule has 0 fully saturated rings. The summed E-state index contributed by atoms with van der Waals surface area (Å²) in [5, 5.41) is 22.5. The van der Waals surface area contributed by atoms with Gasteiger partial charge in [-0.2, -0.15) is 0 Å². The smallest absolute Gasteiger partial charge is 0.334 e. The summed E-state index contributed by atoms with van der Waals surface area (Å²) in [6.45, 7) is 4.51. The number of dihydropyridines is 1. The number of carbonyl (C=O) groups is 2. The van der Waals surface area contributed by atoms with Crippen LogP contribution in [0.5, 0.6) is 0 Å². The molecule has 140 valence electrons. The molecular weight excluding hydrogens is 338 g/mol. The van der Waals surface area contributed by atoms with Crippen molar-refractivity contribution in [3.05, 3.63) is 58.4 Å². The van der Waals surface area contributed by atoms with Gasteiger partial charge in [0.05, 0.1) is 41.7 Å². The van der Waals surface area contributed by atoms with Gasteiger partial charge in [0.2, 0.25) is 0 Å². The third-order valence-corrected chi connectivity index (χ3v) is 4.02. The molecule has 1 aliphatic heterocycles. The zero-order valence-electron chi connectivity index (χ0n) is 14.8. The van der Waals surface area contributed by atoms with Crippen molar-refractivity contribution in [1.82, 2.24) is 5.32 Å². The Bertz CT molecular complexity index is 681. The predicted molar refractivity (Wildman–Crippen MR) is 94.6 cm³/mol. The monoisotopic (exact) mass is 361 g/mol. The number of nitrogens with one attached hydrogen (secondary N) is 1. The van der Waals surface area contributed by atoms with Crippen LogP contribution in [0.3, 0.4) is 0 Å². The minimum absolute atomic E-state index is 0.0256. The average molecular weight is 361 g/mol. The van der Waals surface area contributed by atoms with E-state index < -0.39 is 17.9 Å². The van der Waals surface area contributed by atoms with E-state index in [-0.39, 0.29) is 24.4 Å². The Morgan fingerprint density at radius 2 is 1.38 bits per heavy atom. The predicted octanol–water partition coefficient (Wildman–Crippen LogP) is 2.12. The summed E-state index contributed by atoms with van der Waals surface area (Å²) in [5.41, 5.74) is 1.22. The fourth-order valence-corrected chi connectivity index (χ4v) is 2.93. The number of carboxylic acids is 2. The van der Waals surface area contributed by atoms with Crippen molar-refractivity contribution in [3.63, 3.8) is 0 Å². The molecule has 0 amide bonds. The molecule has 0 saturated heterocycles. The highest BCUT2D eigenvalue weighted by atomic mass is 16.5. The number of benzene rings is 1. The van der Waals surface area contributed by atoms with Crippen LogP contribution in [0.4, 0.5) is 0 Å². The first-order chi connectivity index (χ1) is 12.5. The van der Waals surface area contributed by atoms with Gasteiger partial charge < -0.3 is 25.0 Å². The second-order valence-electron chi connectivity index (χ2n) is 5.64. The van der Waals surface area contributed by atoms with Gasteiger partial charge in [-0.1, -0.05) is 30.3 Å². The van der Waals surface area contributed by atoms with Crippen LogP contribution in [0, 0.1) is 0 Å². The highest BCUT2D eigenvalue weighted by Crippen LogP contribution is 2.38. The summed E-state index contributed by atoms with van der Waals surface area (Å²) in [7, 11) is 0. The molecule has 0 bridgehead atoms. The molecule has 0 aliphatic carbocycles. The van der Waals surface area contributed by atoms with Crippen LogP contribution in [0.25, 0.3) is 0 Å². The molecule has 1 aromatic carbocycles. The van der Waals surface area contributed by atoms with E-state index in [0.717, 1.165) is 0 Å². The molecule has 0 spiro atoms. The van der Waals surface area contributed by atoms with Gasteiger partial charge in [-0.05, 0) is 19.4 Å². The summed E-state index contributed by atoms with van der Waals surface area (Å²) in [6, 6.07) is 8.74. The molecule has 0 saturated carbocycles. The number of ether oxygens (including phenoxy) is 2. The van der Waals surface area contributed by atoms with Gasteiger partial charge in [-0.15, -0.1) is 0 Å². The maximum atomic E-state index is 12.0. The van der Waals surface area contributed by atoms with E-state index in [1.54, 1.807) is 44.2 Å². The molecule has 1 aromatic rings. The lowest BCUT2D eigenvalue weighted by atomic mass is 9.80. The Hall–Kier alpha value is -2.64. The lowest BCUT2D eigenvalue weighted by Crippen LogP contribution is -2.36. The Kier molecular flexibility index (Phi) is 6.94. The topological polar surface area (TPSA) is 105 Å². The van der Waals surface area contributed by atoms with Gasteiger partial charge in [0.15, 0.2) is 0 Å². The second kappa shape index (κ2) is 9.17. The number of aliphatic carboxylic acids is 2. The Balaban J connectivity index is 2.64. The van der Waals surface area contributed by atoms with E-state index >= 15 is 0 Å². The fourth-order valence-electron chi connectivity index (χ4n) is 2.93. The normalized spacial score (nSPS) is 15.2. The number of rotatable bonds is 9. The van der Waals surface area contributed by atoms with Crippen molar-refractivity contribution in [2.24, 2.45) is 0 Å². The summed E-state index contributed by atoms with van der Waals surface area (Å²) in [6.07, 6.45) is 0. The molecule has 7 heteroatoms. The van der Waals surface area contributed by atoms with E-state index in [2.05, 4.69) is 5.32 Å². The lowest BCUT2D eigenvalue weighted by molar-refractivity contribution is -0.133. The number of hydrogen-bond acceptors (Lipinski definition) is 5. The van der Waals surface area contributed by atoms with Crippen LogP contribution in [-0.2, 0) is 19.1 Å². The van der Waals surface area contributed by atoms with Crippen LogP contribution in [0.2, 0.25) is 0 Å². The van der Waals surface area contributed by atoms with E-state index in [9.17, 15) is 19.8 Å². The zero-order valence-corrected chi connectivity index (χ0v) is 14.8. The molecule has 26 heavy (non-hydrogen) atoms. The lowest BCUT2D eigenvalue weighted by Gasteiger charge is -2.31. The number of carboxylic acid groups (broad SMARTS) is 2. The van der Waals surface area contributed by atoms with Gasteiger partial charge >= 0.3 is 11.9 Å². The molecule has 0 radical (unpaired) electrons. The van der Waals surface area contributed by atoms with Crippen LogP contribution >= 0.6 is 0 Å². The Morgan fingerprint density at radius 1 is 0.923 bits per heavy atom. The largest absolute Gasteiger partial charge is 0.478 e. The standard InChI is InChI=1S/C19H23NO6/c1-3-25-10-13-16(18(21)22)15(12-8-6-5-7-9-12)17(19(23)24)14(20-13)11-26-4-2/h5-9,15,20H,3-4,10-11H2,1-2H3,(H,21,22)(H,23,24). The molecule has 2 rings (SSSR count). The first kappa shape index (κ1) is 19.7. The summed E-state index contributed by atoms with van der Waals surface area (Å²) < 4.78 is 10.8. The second-order valence-corrected chi connectivity index (χ2v) is 5.64.